The highest BCUT2D eigenvalue weighted by Crippen LogP contribution is 2.32. The molecular weight excluding hydrogens is 418 g/mol. The number of carbonyl (C=O) groups is 1. The smallest absolute Gasteiger partial charge is 0.341 e. The van der Waals surface area contributed by atoms with Gasteiger partial charge in [0.2, 0.25) is 5.43 Å². The van der Waals surface area contributed by atoms with Crippen molar-refractivity contribution < 1.29 is 19.3 Å². The van der Waals surface area contributed by atoms with Crippen LogP contribution in [0.1, 0.15) is 23.0 Å². The second kappa shape index (κ2) is 9.67. The molecule has 0 spiro atoms. The number of nitrogens with zero attached hydrogens (tertiary/aromatic N) is 1. The Morgan fingerprint density at radius 1 is 1.17 bits per heavy atom. The largest absolute Gasteiger partial charge is 0.477 e. The van der Waals surface area contributed by atoms with E-state index in [-0.39, 0.29) is 5.56 Å². The number of alkyl halides is 1. The highest BCUT2D eigenvalue weighted by molar-refractivity contribution is 6.42. The van der Waals surface area contributed by atoms with E-state index in [0.29, 0.717) is 51.8 Å². The van der Waals surface area contributed by atoms with Gasteiger partial charge in [-0.2, -0.15) is 0 Å². The highest BCUT2D eigenvalue weighted by Gasteiger charge is 2.26. The molecule has 3 rings (SSSR count). The molecule has 0 radical (unpaired) electrons. The SMILES string of the molecule is CCn1c(C)c(-c2ccc[nH+]c2)c(=O)c(C(=O)O)c1-c1ccc(Cl)c(Cl)c1.CF. The summed E-state index contributed by atoms with van der Waals surface area (Å²) >= 11 is 12.1. The standard InChI is InChI=1S/C20H16Cl2N2O3.CH3F/c1-3-24-11(2)16(13-5-4-8-23-10-13)19(25)17(20(26)27)18(24)12-6-7-14(21)15(22)9-12;1-2/h4-10H,3H2,1-2H3,(H,26,27);1H3/p+1. The van der Waals surface area contributed by atoms with Crippen LogP contribution in [0.4, 0.5) is 4.39 Å². The number of carboxylic acid groups (broad SMARTS) is 1. The number of aromatic amines is 1. The molecular formula is C21H20Cl2FN2O3+. The molecule has 0 aliphatic rings. The van der Waals surface area contributed by atoms with Gasteiger partial charge in [-0.05, 0) is 32.0 Å². The normalized spacial score (nSPS) is 10.3. The van der Waals surface area contributed by atoms with Crippen LogP contribution in [0.5, 0.6) is 0 Å². The Kier molecular flexibility index (Phi) is 7.53. The summed E-state index contributed by atoms with van der Waals surface area (Å²) in [6.07, 6.45) is 3.40. The fourth-order valence-electron chi connectivity index (χ4n) is 3.26. The molecule has 2 N–H and O–H groups in total. The first-order chi connectivity index (χ1) is 13.9. The first-order valence-electron chi connectivity index (χ1n) is 8.67. The number of pyridine rings is 2. The number of aromatic carboxylic acids is 1. The third-order valence-corrected chi connectivity index (χ3v) is 5.19. The summed E-state index contributed by atoms with van der Waals surface area (Å²) in [4.78, 5) is 28.2. The Labute approximate surface area is 177 Å². The van der Waals surface area contributed by atoms with E-state index < -0.39 is 11.4 Å². The van der Waals surface area contributed by atoms with Crippen molar-refractivity contribution in [3.8, 4) is 22.4 Å². The first kappa shape index (κ1) is 22.6. The van der Waals surface area contributed by atoms with Gasteiger partial charge in [0.15, 0.2) is 12.4 Å². The summed E-state index contributed by atoms with van der Waals surface area (Å²) in [7, 11) is 0.500. The molecule has 1 aromatic carbocycles. The van der Waals surface area contributed by atoms with E-state index in [1.165, 1.54) is 0 Å². The Bertz CT molecular complexity index is 1100. The van der Waals surface area contributed by atoms with Gasteiger partial charge >= 0.3 is 5.97 Å². The second-order valence-corrected chi connectivity index (χ2v) is 6.80. The molecule has 0 fully saturated rings. The van der Waals surface area contributed by atoms with Crippen molar-refractivity contribution in [2.24, 2.45) is 0 Å². The van der Waals surface area contributed by atoms with Crippen molar-refractivity contribution in [2.45, 2.75) is 20.4 Å². The number of nitrogens with one attached hydrogen (secondary N) is 1. The van der Waals surface area contributed by atoms with Crippen LogP contribution in [0.2, 0.25) is 10.0 Å². The Morgan fingerprint density at radius 2 is 1.86 bits per heavy atom. The number of benzene rings is 1. The second-order valence-electron chi connectivity index (χ2n) is 5.98. The topological polar surface area (TPSA) is 73.4 Å². The first-order valence-corrected chi connectivity index (χ1v) is 9.42. The van der Waals surface area contributed by atoms with Crippen LogP contribution in [0.15, 0.2) is 47.5 Å². The van der Waals surface area contributed by atoms with Crippen molar-refractivity contribution in [1.82, 2.24) is 4.57 Å². The van der Waals surface area contributed by atoms with E-state index in [1.807, 2.05) is 11.5 Å². The summed E-state index contributed by atoms with van der Waals surface area (Å²) in [6.45, 7) is 4.18. The van der Waals surface area contributed by atoms with Crippen molar-refractivity contribution in [1.29, 1.82) is 0 Å². The number of hydrogen-bond acceptors (Lipinski definition) is 2. The number of rotatable bonds is 4. The Hall–Kier alpha value is -2.70. The zero-order valence-electron chi connectivity index (χ0n) is 16.1. The maximum Gasteiger partial charge on any atom is 0.341 e. The maximum atomic E-state index is 13.2. The maximum absolute atomic E-state index is 13.2. The molecule has 152 valence electrons. The molecule has 2 aromatic heterocycles. The van der Waals surface area contributed by atoms with Gasteiger partial charge in [0.1, 0.15) is 5.56 Å². The number of H-pyrrole nitrogens is 1. The number of carboxylic acids is 1. The summed E-state index contributed by atoms with van der Waals surface area (Å²) in [5.74, 6) is -1.29. The van der Waals surface area contributed by atoms with Gasteiger partial charge in [0.05, 0.1) is 34.0 Å². The molecule has 29 heavy (non-hydrogen) atoms. The van der Waals surface area contributed by atoms with Crippen LogP contribution in [-0.2, 0) is 6.54 Å². The van der Waals surface area contributed by atoms with Crippen molar-refractivity contribution >= 4 is 29.2 Å². The predicted molar refractivity (Wildman–Crippen MR) is 113 cm³/mol. The van der Waals surface area contributed by atoms with Crippen LogP contribution >= 0.6 is 23.2 Å². The molecule has 0 saturated heterocycles. The van der Waals surface area contributed by atoms with Gasteiger partial charge < -0.3 is 9.67 Å². The zero-order valence-corrected chi connectivity index (χ0v) is 17.6. The molecule has 0 atom stereocenters. The Balaban J connectivity index is 0.00000145. The van der Waals surface area contributed by atoms with Crippen molar-refractivity contribution in [3.63, 3.8) is 0 Å². The molecule has 0 saturated carbocycles. The zero-order chi connectivity index (χ0) is 21.7. The van der Waals surface area contributed by atoms with Gasteiger partial charge in [-0.3, -0.25) is 9.18 Å². The lowest BCUT2D eigenvalue weighted by Crippen LogP contribution is -2.25. The predicted octanol–water partition coefficient (Wildman–Crippen LogP) is 4.92. The van der Waals surface area contributed by atoms with Gasteiger partial charge in [0.25, 0.3) is 0 Å². The number of aromatic nitrogens is 2. The summed E-state index contributed by atoms with van der Waals surface area (Å²) in [5, 5.41) is 10.5. The Morgan fingerprint density at radius 3 is 2.38 bits per heavy atom. The van der Waals surface area contributed by atoms with Gasteiger partial charge in [-0.15, -0.1) is 0 Å². The van der Waals surface area contributed by atoms with Crippen LogP contribution in [0, 0.1) is 6.92 Å². The molecule has 0 aliphatic carbocycles. The van der Waals surface area contributed by atoms with E-state index in [4.69, 9.17) is 23.2 Å². The molecule has 8 heteroatoms. The van der Waals surface area contributed by atoms with Gasteiger partial charge in [0, 0.05) is 23.9 Å². The summed E-state index contributed by atoms with van der Waals surface area (Å²) < 4.78 is 11.3. The lowest BCUT2D eigenvalue weighted by molar-refractivity contribution is -0.377. The van der Waals surface area contributed by atoms with Crippen LogP contribution in [0.3, 0.4) is 0 Å². The minimum Gasteiger partial charge on any atom is -0.477 e. The molecule has 2 heterocycles. The fourth-order valence-corrected chi connectivity index (χ4v) is 3.56. The van der Waals surface area contributed by atoms with Crippen LogP contribution in [0.25, 0.3) is 22.4 Å². The number of hydrogen-bond donors (Lipinski definition) is 1. The molecule has 0 unspecified atom stereocenters. The van der Waals surface area contributed by atoms with E-state index in [0.717, 1.165) is 0 Å². The lowest BCUT2D eigenvalue weighted by atomic mass is 9.97. The van der Waals surface area contributed by atoms with Crippen LogP contribution in [-0.4, -0.2) is 22.8 Å². The summed E-state index contributed by atoms with van der Waals surface area (Å²) in [6, 6.07) is 8.36. The minimum atomic E-state index is -1.29. The third kappa shape index (κ3) is 4.33. The molecule has 0 aliphatic heterocycles. The quantitative estimate of drug-likeness (QED) is 0.629. The van der Waals surface area contributed by atoms with E-state index in [9.17, 15) is 19.1 Å². The molecule has 0 bridgehead atoms. The van der Waals surface area contributed by atoms with E-state index in [1.54, 1.807) is 49.6 Å². The van der Waals surface area contributed by atoms with Crippen molar-refractivity contribution in [2.75, 3.05) is 7.18 Å². The van der Waals surface area contributed by atoms with Gasteiger partial charge in [-0.1, -0.05) is 29.3 Å². The number of halogens is 3. The van der Waals surface area contributed by atoms with E-state index >= 15 is 0 Å². The lowest BCUT2D eigenvalue weighted by Gasteiger charge is -2.21. The molecule has 3 aromatic rings. The molecule has 0 amide bonds. The van der Waals surface area contributed by atoms with Crippen LogP contribution < -0.4 is 10.4 Å². The van der Waals surface area contributed by atoms with Crippen molar-refractivity contribution in [3.05, 3.63) is 74.3 Å². The van der Waals surface area contributed by atoms with E-state index in [2.05, 4.69) is 4.98 Å². The summed E-state index contributed by atoms with van der Waals surface area (Å²) in [5.41, 5.74) is 1.67. The highest BCUT2D eigenvalue weighted by atomic mass is 35.5. The minimum absolute atomic E-state index is 0.292. The fraction of sp³-hybridized carbons (Fsp3) is 0.190. The average molecular weight is 438 g/mol. The van der Waals surface area contributed by atoms with Gasteiger partial charge in [-0.25, -0.2) is 9.78 Å². The molecule has 5 nitrogen and oxygen atoms in total. The monoisotopic (exact) mass is 437 g/mol. The third-order valence-electron chi connectivity index (χ3n) is 4.45. The average Bonchev–Trinajstić information content (AvgIpc) is 2.71.